The van der Waals surface area contributed by atoms with Gasteiger partial charge in [0, 0.05) is 5.56 Å². The van der Waals surface area contributed by atoms with Crippen LogP contribution >= 0.6 is 11.3 Å². The van der Waals surface area contributed by atoms with Gasteiger partial charge in [-0.25, -0.2) is 9.78 Å². The Hall–Kier alpha value is -4.18. The molecule has 5 rings (SSSR count). The van der Waals surface area contributed by atoms with Gasteiger partial charge < -0.3 is 19.3 Å². The summed E-state index contributed by atoms with van der Waals surface area (Å²) in [5.41, 5.74) is 2.29. The number of carbonyl (C=O) groups excluding carboxylic acids is 3. The second kappa shape index (κ2) is 9.94. The van der Waals surface area contributed by atoms with Gasteiger partial charge >= 0.3 is 11.9 Å². The molecule has 3 aromatic rings. The summed E-state index contributed by atoms with van der Waals surface area (Å²) in [7, 11) is 1.26. The van der Waals surface area contributed by atoms with E-state index in [0.29, 0.717) is 41.5 Å². The number of nitrogens with zero attached hydrogens (tertiary/aromatic N) is 2. The summed E-state index contributed by atoms with van der Waals surface area (Å²) in [5, 5.41) is 11.6. The van der Waals surface area contributed by atoms with Crippen molar-refractivity contribution in [3.05, 3.63) is 75.3 Å². The number of aromatic nitrogens is 1. The lowest BCUT2D eigenvalue weighted by molar-refractivity contribution is -0.132. The molecule has 0 spiro atoms. The van der Waals surface area contributed by atoms with Crippen LogP contribution in [-0.2, 0) is 14.3 Å². The fourth-order valence-electron chi connectivity index (χ4n) is 4.52. The molecule has 1 amide bonds. The molecule has 3 heterocycles. The highest BCUT2D eigenvalue weighted by molar-refractivity contribution is 7.17. The van der Waals surface area contributed by atoms with E-state index in [1.807, 2.05) is 24.3 Å². The van der Waals surface area contributed by atoms with Crippen molar-refractivity contribution in [1.82, 2.24) is 4.98 Å². The number of rotatable bonds is 5. The number of ether oxygens (including phenoxy) is 3. The number of aliphatic hydroxyl groups is 1. The molecule has 38 heavy (non-hydrogen) atoms. The first-order valence-corrected chi connectivity index (χ1v) is 12.9. The minimum absolute atomic E-state index is 0.0866. The van der Waals surface area contributed by atoms with E-state index in [2.05, 4.69) is 18.8 Å². The highest BCUT2D eigenvalue weighted by Crippen LogP contribution is 2.45. The maximum Gasteiger partial charge on any atom is 0.350 e. The van der Waals surface area contributed by atoms with E-state index in [9.17, 15) is 19.5 Å². The molecular weight excluding hydrogens is 508 g/mol. The molecule has 0 aliphatic carbocycles. The molecule has 1 fully saturated rings. The molecule has 1 aromatic heterocycles. The maximum atomic E-state index is 13.5. The SMILES string of the molecule is COC(=O)c1sc(N2C(=O)C(=O)/C(=C(/O)c3ccc4c(c3)OCCO4)[C@@H]2c2ccc(C(C)C)cc2)nc1C. The second-order valence-corrected chi connectivity index (χ2v) is 10.2. The van der Waals surface area contributed by atoms with Crippen LogP contribution in [0.4, 0.5) is 5.13 Å². The first kappa shape index (κ1) is 25.5. The van der Waals surface area contributed by atoms with Crippen LogP contribution in [0.5, 0.6) is 11.5 Å². The third-order valence-electron chi connectivity index (χ3n) is 6.54. The molecule has 196 valence electrons. The fraction of sp³-hybridized carbons (Fsp3) is 0.286. The van der Waals surface area contributed by atoms with Gasteiger partial charge in [0.05, 0.1) is 24.4 Å². The van der Waals surface area contributed by atoms with Crippen molar-refractivity contribution in [3.8, 4) is 11.5 Å². The third kappa shape index (κ3) is 4.30. The molecule has 1 saturated heterocycles. The largest absolute Gasteiger partial charge is 0.507 e. The Morgan fingerprint density at radius 3 is 2.45 bits per heavy atom. The van der Waals surface area contributed by atoms with Crippen molar-refractivity contribution in [2.45, 2.75) is 32.7 Å². The van der Waals surface area contributed by atoms with Gasteiger partial charge in [-0.1, -0.05) is 49.4 Å². The summed E-state index contributed by atoms with van der Waals surface area (Å²) >= 11 is 0.956. The lowest BCUT2D eigenvalue weighted by Gasteiger charge is -2.24. The second-order valence-electron chi connectivity index (χ2n) is 9.25. The molecule has 1 N–H and O–H groups in total. The number of anilines is 1. The molecule has 1 atom stereocenters. The van der Waals surface area contributed by atoms with E-state index in [1.54, 1.807) is 25.1 Å². The molecule has 9 nitrogen and oxygen atoms in total. The summed E-state index contributed by atoms with van der Waals surface area (Å²) in [4.78, 5) is 45.0. The summed E-state index contributed by atoms with van der Waals surface area (Å²) in [5.74, 6) is -1.40. The van der Waals surface area contributed by atoms with E-state index in [1.165, 1.54) is 12.0 Å². The average molecular weight is 535 g/mol. The van der Waals surface area contributed by atoms with E-state index in [-0.39, 0.29) is 27.3 Å². The quantitative estimate of drug-likeness (QED) is 0.216. The van der Waals surface area contributed by atoms with Crippen molar-refractivity contribution in [1.29, 1.82) is 0 Å². The van der Waals surface area contributed by atoms with Gasteiger partial charge in [0.1, 0.15) is 23.9 Å². The number of ketones is 1. The van der Waals surface area contributed by atoms with Crippen LogP contribution < -0.4 is 14.4 Å². The Morgan fingerprint density at radius 1 is 1.11 bits per heavy atom. The monoisotopic (exact) mass is 534 g/mol. The number of carbonyl (C=O) groups is 3. The van der Waals surface area contributed by atoms with Crippen LogP contribution in [0.1, 0.15) is 57.9 Å². The Labute approximate surface area is 223 Å². The van der Waals surface area contributed by atoms with Gasteiger partial charge in [-0.2, -0.15) is 0 Å². The molecule has 0 unspecified atom stereocenters. The highest BCUT2D eigenvalue weighted by atomic mass is 32.1. The van der Waals surface area contributed by atoms with Crippen LogP contribution in [0.15, 0.2) is 48.0 Å². The normalized spacial score (nSPS) is 18.2. The van der Waals surface area contributed by atoms with Gasteiger partial charge in [-0.15, -0.1) is 0 Å². The van der Waals surface area contributed by atoms with Gasteiger partial charge in [0.15, 0.2) is 16.6 Å². The van der Waals surface area contributed by atoms with E-state index in [4.69, 9.17) is 14.2 Å². The Morgan fingerprint density at radius 2 is 1.79 bits per heavy atom. The Balaban J connectivity index is 1.68. The number of amides is 1. The van der Waals surface area contributed by atoms with E-state index in [0.717, 1.165) is 16.9 Å². The van der Waals surface area contributed by atoms with Crippen molar-refractivity contribution >= 4 is 39.9 Å². The highest BCUT2D eigenvalue weighted by Gasteiger charge is 2.48. The molecule has 10 heteroatoms. The molecule has 2 aliphatic rings. The van der Waals surface area contributed by atoms with Gasteiger partial charge in [-0.05, 0) is 42.2 Å². The lowest BCUT2D eigenvalue weighted by atomic mass is 9.93. The van der Waals surface area contributed by atoms with Crippen molar-refractivity contribution < 1.29 is 33.7 Å². The molecule has 2 aliphatic heterocycles. The third-order valence-corrected chi connectivity index (χ3v) is 7.68. The maximum absolute atomic E-state index is 13.5. The summed E-state index contributed by atoms with van der Waals surface area (Å²) < 4.78 is 16.0. The summed E-state index contributed by atoms with van der Waals surface area (Å²) in [6.07, 6.45) is 0. The first-order chi connectivity index (χ1) is 18.2. The number of Topliss-reactive ketones (excluding diaryl/α,β-unsaturated/α-hetero) is 1. The van der Waals surface area contributed by atoms with Crippen molar-refractivity contribution in [3.63, 3.8) is 0 Å². The molecule has 2 aromatic carbocycles. The van der Waals surface area contributed by atoms with Crippen LogP contribution in [0.3, 0.4) is 0 Å². The molecule has 0 bridgehead atoms. The fourth-order valence-corrected chi connectivity index (χ4v) is 5.53. The number of fused-ring (bicyclic) bond motifs is 1. The predicted molar refractivity (Wildman–Crippen MR) is 141 cm³/mol. The molecule has 0 radical (unpaired) electrons. The average Bonchev–Trinajstić information content (AvgIpc) is 3.43. The lowest BCUT2D eigenvalue weighted by Crippen LogP contribution is -2.29. The van der Waals surface area contributed by atoms with Gasteiger partial charge in [0.2, 0.25) is 0 Å². The predicted octanol–water partition coefficient (Wildman–Crippen LogP) is 4.76. The van der Waals surface area contributed by atoms with E-state index < -0.39 is 23.7 Å². The first-order valence-electron chi connectivity index (χ1n) is 12.1. The van der Waals surface area contributed by atoms with Crippen LogP contribution in [0.25, 0.3) is 5.76 Å². The Kier molecular flexibility index (Phi) is 6.66. The number of thiazole rings is 1. The molecule has 0 saturated carbocycles. The summed E-state index contributed by atoms with van der Waals surface area (Å²) in [6, 6.07) is 11.4. The molecular formula is C28H26N2O7S. The Bertz CT molecular complexity index is 1470. The smallest absolute Gasteiger partial charge is 0.350 e. The number of benzene rings is 2. The van der Waals surface area contributed by atoms with E-state index >= 15 is 0 Å². The zero-order valence-corrected chi connectivity index (χ0v) is 22.1. The number of hydrogen-bond acceptors (Lipinski definition) is 9. The zero-order valence-electron chi connectivity index (χ0n) is 21.3. The minimum atomic E-state index is -0.972. The van der Waals surface area contributed by atoms with Crippen LogP contribution in [0, 0.1) is 6.92 Å². The standard InChI is InChI=1S/C28H26N2O7S/c1-14(2)16-5-7-17(8-6-16)22-21(23(31)18-9-10-19-20(13-18)37-12-11-36-19)24(32)26(33)30(22)28-29-15(3)25(38-28)27(34)35-4/h5-10,13-14,22,31H,11-12H2,1-4H3/b23-21+/t22-/m0/s1. The van der Waals surface area contributed by atoms with Crippen LogP contribution in [0.2, 0.25) is 0 Å². The number of hydrogen-bond donors (Lipinski definition) is 1. The van der Waals surface area contributed by atoms with Crippen molar-refractivity contribution in [2.75, 3.05) is 25.2 Å². The van der Waals surface area contributed by atoms with Crippen LogP contribution in [-0.4, -0.2) is 48.1 Å². The topological polar surface area (TPSA) is 115 Å². The zero-order chi connectivity index (χ0) is 27.1. The number of methoxy groups -OCH3 is 1. The minimum Gasteiger partial charge on any atom is -0.507 e. The van der Waals surface area contributed by atoms with Gasteiger partial charge in [-0.3, -0.25) is 14.5 Å². The van der Waals surface area contributed by atoms with Gasteiger partial charge in [0.25, 0.3) is 5.78 Å². The summed E-state index contributed by atoms with van der Waals surface area (Å²) in [6.45, 7) is 6.53. The van der Waals surface area contributed by atoms with Crippen molar-refractivity contribution in [2.24, 2.45) is 0 Å². The number of aryl methyl sites for hydroxylation is 1. The number of aliphatic hydroxyl groups excluding tert-OH is 1. The number of esters is 1.